The molecule has 2 aliphatic carbocycles. The van der Waals surface area contributed by atoms with Crippen LogP contribution in [0.3, 0.4) is 0 Å². The molecule has 0 aromatic carbocycles. The Hall–Kier alpha value is -1.88. The van der Waals surface area contributed by atoms with Crippen molar-refractivity contribution < 1.29 is 9.64 Å². The molecular weight excluding hydrogens is 262 g/mol. The summed E-state index contributed by atoms with van der Waals surface area (Å²) in [5.74, 6) is 0.608. The Bertz CT molecular complexity index is 579. The first-order valence-electron chi connectivity index (χ1n) is 7.70. The number of rotatable bonds is 1. The lowest BCUT2D eigenvalue weighted by Crippen LogP contribution is -3.12. The molecule has 1 aliphatic heterocycles. The first-order valence-corrected chi connectivity index (χ1v) is 7.70. The highest BCUT2D eigenvalue weighted by molar-refractivity contribution is 5.49. The molecule has 0 aromatic heterocycles. The van der Waals surface area contributed by atoms with Gasteiger partial charge in [-0.15, -0.1) is 0 Å². The van der Waals surface area contributed by atoms with Crippen LogP contribution in [0.25, 0.3) is 0 Å². The molecule has 1 heterocycles. The van der Waals surface area contributed by atoms with Crippen molar-refractivity contribution >= 4 is 0 Å². The number of ether oxygens (including phenoxy) is 1. The quantitative estimate of drug-likeness (QED) is 0.737. The van der Waals surface area contributed by atoms with Crippen LogP contribution >= 0.6 is 0 Å². The molecule has 108 valence electrons. The van der Waals surface area contributed by atoms with Crippen molar-refractivity contribution in [3.8, 4) is 12.1 Å². The molecule has 0 spiro atoms. The monoisotopic (exact) mass is 282 g/mol. The molecule has 1 N–H and O–H groups in total. The Morgan fingerprint density at radius 1 is 1.10 bits per heavy atom. The van der Waals surface area contributed by atoms with Crippen molar-refractivity contribution in [2.75, 3.05) is 26.3 Å². The molecule has 1 saturated heterocycles. The van der Waals surface area contributed by atoms with Gasteiger partial charge in [0.05, 0.1) is 13.2 Å². The average molecular weight is 282 g/mol. The van der Waals surface area contributed by atoms with Gasteiger partial charge in [0.2, 0.25) is 0 Å². The predicted octanol–water partition coefficient (Wildman–Crippen LogP) is 1.26. The van der Waals surface area contributed by atoms with Crippen LogP contribution in [0.5, 0.6) is 0 Å². The molecule has 1 fully saturated rings. The highest BCUT2D eigenvalue weighted by atomic mass is 16.5. The van der Waals surface area contributed by atoms with Crippen LogP contribution < -0.4 is 4.90 Å². The Labute approximate surface area is 125 Å². The molecule has 0 radical (unpaired) electrons. The third kappa shape index (κ3) is 2.93. The van der Waals surface area contributed by atoms with Gasteiger partial charge in [-0.25, -0.2) is 0 Å². The highest BCUT2D eigenvalue weighted by Crippen LogP contribution is 2.36. The lowest BCUT2D eigenvalue weighted by Gasteiger charge is -2.32. The molecule has 0 aromatic rings. The summed E-state index contributed by atoms with van der Waals surface area (Å²) in [5, 5.41) is 18.1. The first kappa shape index (κ1) is 14.1. The summed E-state index contributed by atoms with van der Waals surface area (Å²) in [4.78, 5) is 1.54. The van der Waals surface area contributed by atoms with E-state index in [-0.39, 0.29) is 5.57 Å². The van der Waals surface area contributed by atoms with E-state index in [2.05, 4.69) is 12.2 Å². The van der Waals surface area contributed by atoms with E-state index in [1.165, 1.54) is 29.0 Å². The third-order valence-electron chi connectivity index (χ3n) is 4.77. The number of quaternary nitrogens is 1. The van der Waals surface area contributed by atoms with Crippen LogP contribution in [-0.4, -0.2) is 26.3 Å². The van der Waals surface area contributed by atoms with Crippen molar-refractivity contribution in [3.05, 3.63) is 34.6 Å². The summed E-state index contributed by atoms with van der Waals surface area (Å²) in [6.45, 7) is 3.78. The van der Waals surface area contributed by atoms with Crippen molar-refractivity contribution in [2.45, 2.75) is 25.7 Å². The van der Waals surface area contributed by atoms with Gasteiger partial charge in [-0.2, -0.15) is 10.5 Å². The first-order chi connectivity index (χ1) is 10.3. The number of morpholine rings is 1. The van der Waals surface area contributed by atoms with E-state index in [1.54, 1.807) is 0 Å². The van der Waals surface area contributed by atoms with Gasteiger partial charge in [0.15, 0.2) is 0 Å². The summed E-state index contributed by atoms with van der Waals surface area (Å²) < 4.78 is 5.43. The Balaban J connectivity index is 1.88. The minimum atomic E-state index is 0.278. The van der Waals surface area contributed by atoms with Gasteiger partial charge in [0, 0.05) is 6.42 Å². The van der Waals surface area contributed by atoms with Gasteiger partial charge in [0.1, 0.15) is 36.5 Å². The van der Waals surface area contributed by atoms with Crippen molar-refractivity contribution in [1.29, 1.82) is 10.5 Å². The van der Waals surface area contributed by atoms with Crippen molar-refractivity contribution in [2.24, 2.45) is 5.92 Å². The molecular formula is C17H20N3O+. The van der Waals surface area contributed by atoms with Gasteiger partial charge in [0.25, 0.3) is 0 Å². The predicted molar refractivity (Wildman–Crippen MR) is 77.9 cm³/mol. The van der Waals surface area contributed by atoms with E-state index < -0.39 is 0 Å². The van der Waals surface area contributed by atoms with E-state index in [4.69, 9.17) is 15.3 Å². The number of nitrogens with zero attached hydrogens (tertiary/aromatic N) is 2. The Morgan fingerprint density at radius 3 is 2.52 bits per heavy atom. The number of fused-ring (bicyclic) bond motifs is 1. The van der Waals surface area contributed by atoms with Crippen LogP contribution in [0.15, 0.2) is 34.6 Å². The van der Waals surface area contributed by atoms with Crippen molar-refractivity contribution in [3.63, 3.8) is 0 Å². The molecule has 4 heteroatoms. The van der Waals surface area contributed by atoms with Gasteiger partial charge < -0.3 is 9.64 Å². The van der Waals surface area contributed by atoms with Crippen LogP contribution in [-0.2, 0) is 4.74 Å². The zero-order valence-electron chi connectivity index (χ0n) is 12.2. The average Bonchev–Trinajstić information content (AvgIpc) is 2.56. The van der Waals surface area contributed by atoms with E-state index in [1.807, 2.05) is 12.1 Å². The van der Waals surface area contributed by atoms with Gasteiger partial charge in [-0.05, 0) is 42.4 Å². The van der Waals surface area contributed by atoms with E-state index >= 15 is 0 Å². The lowest BCUT2D eigenvalue weighted by molar-refractivity contribution is -0.871. The maximum absolute atomic E-state index is 9.04. The fourth-order valence-corrected chi connectivity index (χ4v) is 3.54. The largest absolute Gasteiger partial charge is 0.370 e. The molecule has 4 nitrogen and oxygen atoms in total. The second-order valence-corrected chi connectivity index (χ2v) is 5.93. The zero-order chi connectivity index (χ0) is 14.7. The smallest absolute Gasteiger partial charge is 0.132 e. The molecule has 21 heavy (non-hydrogen) atoms. The lowest BCUT2D eigenvalue weighted by atomic mass is 9.77. The van der Waals surface area contributed by atoms with Crippen LogP contribution in [0.4, 0.5) is 0 Å². The van der Waals surface area contributed by atoms with Crippen LogP contribution in [0.1, 0.15) is 25.7 Å². The van der Waals surface area contributed by atoms with Crippen LogP contribution in [0, 0.1) is 28.6 Å². The topological polar surface area (TPSA) is 61.2 Å². The molecule has 0 bridgehead atoms. The molecule has 0 unspecified atom stereocenters. The number of hydrogen-bond acceptors (Lipinski definition) is 3. The standard InChI is InChI=1S/C17H19N3O/c18-11-16(12-19)14-2-1-13-3-4-17(10-15(13)9-14)20-5-7-21-8-6-20/h9-10,13H,1-8H2/p+1/t13-/m1/s1. The fraction of sp³-hybridized carbons (Fsp3) is 0.529. The summed E-state index contributed by atoms with van der Waals surface area (Å²) in [6.07, 6.45) is 8.70. The summed E-state index contributed by atoms with van der Waals surface area (Å²) in [6, 6.07) is 4.05. The maximum Gasteiger partial charge on any atom is 0.132 e. The maximum atomic E-state index is 9.04. The fourth-order valence-electron chi connectivity index (χ4n) is 3.54. The minimum Gasteiger partial charge on any atom is -0.370 e. The minimum absolute atomic E-state index is 0.278. The Morgan fingerprint density at radius 2 is 1.81 bits per heavy atom. The number of hydrogen-bond donors (Lipinski definition) is 1. The molecule has 0 amide bonds. The molecule has 3 rings (SSSR count). The van der Waals surface area contributed by atoms with Crippen molar-refractivity contribution in [1.82, 2.24) is 0 Å². The van der Waals surface area contributed by atoms with E-state index in [0.29, 0.717) is 5.92 Å². The SMILES string of the molecule is N#CC(C#N)=C1C=C2C=C([NH+]3CCOCC3)CC[C@H]2CC1. The Kier molecular flexibility index (Phi) is 4.20. The number of nitriles is 2. The van der Waals surface area contributed by atoms with Gasteiger partial charge in [-0.1, -0.05) is 6.08 Å². The third-order valence-corrected chi connectivity index (χ3v) is 4.77. The number of allylic oxidation sites excluding steroid dienone is 6. The highest BCUT2D eigenvalue weighted by Gasteiger charge is 2.29. The number of nitrogens with one attached hydrogen (secondary N) is 1. The zero-order valence-corrected chi connectivity index (χ0v) is 12.2. The van der Waals surface area contributed by atoms with E-state index in [9.17, 15) is 0 Å². The van der Waals surface area contributed by atoms with Gasteiger partial charge in [-0.3, -0.25) is 0 Å². The van der Waals surface area contributed by atoms with Gasteiger partial charge >= 0.3 is 0 Å². The van der Waals surface area contributed by atoms with Crippen LogP contribution in [0.2, 0.25) is 0 Å². The summed E-state index contributed by atoms with van der Waals surface area (Å²) in [5.41, 5.74) is 3.98. The second kappa shape index (κ2) is 6.26. The molecule has 3 aliphatic rings. The summed E-state index contributed by atoms with van der Waals surface area (Å²) >= 11 is 0. The normalized spacial score (nSPS) is 26.0. The summed E-state index contributed by atoms with van der Waals surface area (Å²) in [7, 11) is 0. The second-order valence-electron chi connectivity index (χ2n) is 5.93. The van der Waals surface area contributed by atoms with E-state index in [0.717, 1.165) is 44.7 Å². The molecule has 1 atom stereocenters. The molecule has 0 saturated carbocycles.